The molecular weight excluding hydrogens is 410 g/mol. The van der Waals surface area contributed by atoms with Crippen molar-refractivity contribution in [1.29, 1.82) is 0 Å². The van der Waals surface area contributed by atoms with Crippen LogP contribution in [0, 0.1) is 0 Å². The molecule has 1 amide bonds. The molecule has 156 valence electrons. The van der Waals surface area contributed by atoms with Crippen LogP contribution in [-0.2, 0) is 11.3 Å². The average Bonchev–Trinajstić information content (AvgIpc) is 3.26. The minimum absolute atomic E-state index is 0.0722. The van der Waals surface area contributed by atoms with Crippen molar-refractivity contribution < 1.29 is 9.53 Å². The van der Waals surface area contributed by atoms with Crippen LogP contribution in [0.25, 0.3) is 17.1 Å². The first-order chi connectivity index (χ1) is 15.2. The van der Waals surface area contributed by atoms with E-state index in [1.165, 1.54) is 11.8 Å². The Labute approximate surface area is 184 Å². The van der Waals surface area contributed by atoms with E-state index in [0.29, 0.717) is 17.5 Å². The lowest BCUT2D eigenvalue weighted by Gasteiger charge is -2.11. The number of hydrogen-bond donors (Lipinski definition) is 1. The Morgan fingerprint density at radius 3 is 2.71 bits per heavy atom. The standard InChI is InChI=1S/C23H21N5O2S/c1-30-20-11-5-10-19(13-20)28-22(18-9-6-12-24-15-18)26-27-23(28)31-16-21(29)25-14-17-7-3-2-4-8-17/h2-13,15H,14,16H2,1H3,(H,25,29). The average molecular weight is 432 g/mol. The van der Waals surface area contributed by atoms with Crippen molar-refractivity contribution in [3.05, 3.63) is 84.7 Å². The van der Waals surface area contributed by atoms with Gasteiger partial charge < -0.3 is 10.1 Å². The number of methoxy groups -OCH3 is 1. The van der Waals surface area contributed by atoms with Crippen LogP contribution in [0.1, 0.15) is 5.56 Å². The van der Waals surface area contributed by atoms with E-state index in [-0.39, 0.29) is 11.7 Å². The van der Waals surface area contributed by atoms with Crippen molar-refractivity contribution in [1.82, 2.24) is 25.1 Å². The highest BCUT2D eigenvalue weighted by atomic mass is 32.2. The highest BCUT2D eigenvalue weighted by Gasteiger charge is 2.18. The van der Waals surface area contributed by atoms with E-state index < -0.39 is 0 Å². The molecule has 4 rings (SSSR count). The number of carbonyl (C=O) groups excluding carboxylic acids is 1. The number of nitrogens with one attached hydrogen (secondary N) is 1. The molecule has 0 aliphatic heterocycles. The second kappa shape index (κ2) is 9.90. The van der Waals surface area contributed by atoms with E-state index in [9.17, 15) is 4.79 Å². The van der Waals surface area contributed by atoms with Gasteiger partial charge in [0.05, 0.1) is 18.6 Å². The van der Waals surface area contributed by atoms with Crippen LogP contribution in [0.15, 0.2) is 84.3 Å². The number of amides is 1. The number of carbonyl (C=O) groups is 1. The molecule has 0 bridgehead atoms. The van der Waals surface area contributed by atoms with Crippen LogP contribution < -0.4 is 10.1 Å². The fourth-order valence-corrected chi connectivity index (χ4v) is 3.79. The maximum Gasteiger partial charge on any atom is 0.230 e. The largest absolute Gasteiger partial charge is 0.497 e. The van der Waals surface area contributed by atoms with E-state index in [4.69, 9.17) is 4.74 Å². The fraction of sp³-hybridized carbons (Fsp3) is 0.130. The van der Waals surface area contributed by atoms with Crippen LogP contribution in [0.2, 0.25) is 0 Å². The molecule has 2 heterocycles. The number of nitrogens with zero attached hydrogens (tertiary/aromatic N) is 4. The van der Waals surface area contributed by atoms with Gasteiger partial charge in [0.15, 0.2) is 11.0 Å². The Bertz CT molecular complexity index is 1150. The highest BCUT2D eigenvalue weighted by Crippen LogP contribution is 2.29. The van der Waals surface area contributed by atoms with Crippen molar-refractivity contribution in [2.45, 2.75) is 11.7 Å². The Hall–Kier alpha value is -3.65. The minimum atomic E-state index is -0.0722. The molecule has 0 fully saturated rings. The molecule has 0 saturated heterocycles. The first-order valence-corrected chi connectivity index (χ1v) is 10.7. The molecule has 31 heavy (non-hydrogen) atoms. The Kier molecular flexibility index (Phi) is 6.59. The predicted molar refractivity (Wildman–Crippen MR) is 120 cm³/mol. The van der Waals surface area contributed by atoms with Gasteiger partial charge in [0, 0.05) is 30.6 Å². The summed E-state index contributed by atoms with van der Waals surface area (Å²) < 4.78 is 7.28. The minimum Gasteiger partial charge on any atom is -0.497 e. The van der Waals surface area contributed by atoms with Gasteiger partial charge in [-0.15, -0.1) is 10.2 Å². The summed E-state index contributed by atoms with van der Waals surface area (Å²) in [4.78, 5) is 16.6. The molecule has 0 radical (unpaired) electrons. The van der Waals surface area contributed by atoms with Crippen LogP contribution in [0.3, 0.4) is 0 Å². The first-order valence-electron chi connectivity index (χ1n) is 9.68. The van der Waals surface area contributed by atoms with Crippen LogP contribution in [-0.4, -0.2) is 38.5 Å². The lowest BCUT2D eigenvalue weighted by Crippen LogP contribution is -2.24. The van der Waals surface area contributed by atoms with E-state index in [0.717, 1.165) is 22.6 Å². The third-order valence-corrected chi connectivity index (χ3v) is 5.46. The number of rotatable bonds is 8. The van der Waals surface area contributed by atoms with Crippen molar-refractivity contribution in [3.63, 3.8) is 0 Å². The van der Waals surface area contributed by atoms with Gasteiger partial charge in [-0.25, -0.2) is 0 Å². The quantitative estimate of drug-likeness (QED) is 0.428. The molecular formula is C23H21N5O2S. The SMILES string of the molecule is COc1cccc(-n2c(SCC(=O)NCc3ccccc3)nnc2-c2cccnc2)c1. The highest BCUT2D eigenvalue weighted by molar-refractivity contribution is 7.99. The summed E-state index contributed by atoms with van der Waals surface area (Å²) in [5.74, 6) is 1.52. The number of ether oxygens (including phenoxy) is 1. The maximum absolute atomic E-state index is 12.4. The molecule has 0 spiro atoms. The summed E-state index contributed by atoms with van der Waals surface area (Å²) in [5, 5.41) is 12.3. The normalized spacial score (nSPS) is 10.6. The molecule has 8 heteroatoms. The number of thioether (sulfide) groups is 1. The van der Waals surface area contributed by atoms with Crippen molar-refractivity contribution in [3.8, 4) is 22.8 Å². The molecule has 0 aliphatic rings. The van der Waals surface area contributed by atoms with Gasteiger partial charge >= 0.3 is 0 Å². The Morgan fingerprint density at radius 2 is 1.94 bits per heavy atom. The lowest BCUT2D eigenvalue weighted by molar-refractivity contribution is -0.118. The van der Waals surface area contributed by atoms with Gasteiger partial charge in [-0.3, -0.25) is 14.3 Å². The van der Waals surface area contributed by atoms with E-state index >= 15 is 0 Å². The second-order valence-corrected chi connectivity index (χ2v) is 7.58. The van der Waals surface area contributed by atoms with E-state index in [2.05, 4.69) is 20.5 Å². The molecule has 0 atom stereocenters. The fourth-order valence-electron chi connectivity index (χ4n) is 3.01. The zero-order valence-electron chi connectivity index (χ0n) is 16.9. The third-order valence-electron chi connectivity index (χ3n) is 4.53. The van der Waals surface area contributed by atoms with Gasteiger partial charge in [0.1, 0.15) is 5.75 Å². The van der Waals surface area contributed by atoms with Crippen LogP contribution in [0.5, 0.6) is 5.75 Å². The van der Waals surface area contributed by atoms with Crippen LogP contribution in [0.4, 0.5) is 0 Å². The molecule has 7 nitrogen and oxygen atoms in total. The number of aromatic nitrogens is 4. The topological polar surface area (TPSA) is 81.9 Å². The van der Waals surface area contributed by atoms with Gasteiger partial charge in [0.25, 0.3) is 0 Å². The molecule has 1 N–H and O–H groups in total. The molecule has 2 aromatic carbocycles. The zero-order chi connectivity index (χ0) is 21.5. The second-order valence-electron chi connectivity index (χ2n) is 6.64. The van der Waals surface area contributed by atoms with Crippen molar-refractivity contribution >= 4 is 17.7 Å². The number of hydrogen-bond acceptors (Lipinski definition) is 6. The molecule has 2 aromatic heterocycles. The molecule has 0 saturated carbocycles. The summed E-state index contributed by atoms with van der Waals surface area (Å²) in [7, 11) is 1.63. The summed E-state index contributed by atoms with van der Waals surface area (Å²) in [6.45, 7) is 0.490. The Morgan fingerprint density at radius 1 is 1.06 bits per heavy atom. The van der Waals surface area contributed by atoms with Crippen molar-refractivity contribution in [2.75, 3.05) is 12.9 Å². The lowest BCUT2D eigenvalue weighted by atomic mass is 10.2. The number of benzene rings is 2. The van der Waals surface area contributed by atoms with Gasteiger partial charge in [-0.1, -0.05) is 48.2 Å². The monoisotopic (exact) mass is 431 g/mol. The van der Waals surface area contributed by atoms with Crippen molar-refractivity contribution in [2.24, 2.45) is 0 Å². The van der Waals surface area contributed by atoms with Crippen LogP contribution >= 0.6 is 11.8 Å². The summed E-state index contributed by atoms with van der Waals surface area (Å²) >= 11 is 1.33. The first kappa shape index (κ1) is 20.6. The smallest absolute Gasteiger partial charge is 0.230 e. The van der Waals surface area contributed by atoms with E-state index in [1.54, 1.807) is 19.5 Å². The third kappa shape index (κ3) is 5.10. The van der Waals surface area contributed by atoms with E-state index in [1.807, 2.05) is 71.3 Å². The Balaban J connectivity index is 1.56. The molecule has 0 unspecified atom stereocenters. The molecule has 0 aliphatic carbocycles. The summed E-state index contributed by atoms with van der Waals surface area (Å²) in [5.41, 5.74) is 2.73. The zero-order valence-corrected chi connectivity index (χ0v) is 17.7. The summed E-state index contributed by atoms with van der Waals surface area (Å²) in [6.07, 6.45) is 3.45. The predicted octanol–water partition coefficient (Wildman–Crippen LogP) is 3.75. The summed E-state index contributed by atoms with van der Waals surface area (Å²) in [6, 6.07) is 21.2. The maximum atomic E-state index is 12.4. The van der Waals surface area contributed by atoms with Gasteiger partial charge in [-0.05, 0) is 29.8 Å². The number of pyridine rings is 1. The molecule has 4 aromatic rings. The van der Waals surface area contributed by atoms with Gasteiger partial charge in [0.2, 0.25) is 5.91 Å². The van der Waals surface area contributed by atoms with Gasteiger partial charge in [-0.2, -0.15) is 0 Å².